The second-order valence-electron chi connectivity index (χ2n) is 7.04. The second kappa shape index (κ2) is 9.38. The first-order chi connectivity index (χ1) is 9.52. The Balaban J connectivity index is 2.26. The van der Waals surface area contributed by atoms with Gasteiger partial charge in [-0.1, -0.05) is 39.5 Å². The van der Waals surface area contributed by atoms with Gasteiger partial charge in [-0.05, 0) is 51.0 Å². The van der Waals surface area contributed by atoms with E-state index in [0.29, 0.717) is 12.0 Å². The quantitative estimate of drug-likeness (QED) is 0.716. The fraction of sp³-hybridized carbons (Fsp3) is 0.941. The molecule has 3 nitrogen and oxygen atoms in total. The van der Waals surface area contributed by atoms with Crippen LogP contribution in [0.4, 0.5) is 0 Å². The van der Waals surface area contributed by atoms with Crippen LogP contribution in [0.25, 0.3) is 0 Å². The molecule has 1 rings (SSSR count). The zero-order valence-electron chi connectivity index (χ0n) is 13.7. The maximum atomic E-state index is 12.3. The molecule has 0 heterocycles. The molecule has 0 radical (unpaired) electrons. The van der Waals surface area contributed by atoms with Crippen molar-refractivity contribution in [3.05, 3.63) is 0 Å². The number of nitrogens with one attached hydrogen (secondary N) is 1. The average Bonchev–Trinajstić information content (AvgIpc) is 2.39. The third-order valence-electron chi connectivity index (χ3n) is 4.54. The SMILES string of the molecule is CC(C)CCCC(C)NC(=O)C1CCCC(CCN)C1. The van der Waals surface area contributed by atoms with Gasteiger partial charge in [0.05, 0.1) is 0 Å². The van der Waals surface area contributed by atoms with Crippen LogP contribution >= 0.6 is 0 Å². The largest absolute Gasteiger partial charge is 0.353 e. The van der Waals surface area contributed by atoms with Crippen LogP contribution in [0.1, 0.15) is 72.1 Å². The molecule has 118 valence electrons. The monoisotopic (exact) mass is 282 g/mol. The first kappa shape index (κ1) is 17.5. The summed E-state index contributed by atoms with van der Waals surface area (Å²) in [5, 5.41) is 3.22. The van der Waals surface area contributed by atoms with Crippen molar-refractivity contribution in [3.63, 3.8) is 0 Å². The summed E-state index contributed by atoms with van der Waals surface area (Å²) in [7, 11) is 0. The minimum atomic E-state index is 0.229. The van der Waals surface area contributed by atoms with E-state index >= 15 is 0 Å². The maximum absolute atomic E-state index is 12.3. The predicted molar refractivity (Wildman–Crippen MR) is 85.4 cm³/mol. The van der Waals surface area contributed by atoms with Crippen LogP contribution in [0, 0.1) is 17.8 Å². The Morgan fingerprint density at radius 1 is 1.25 bits per heavy atom. The summed E-state index contributed by atoms with van der Waals surface area (Å²) in [4.78, 5) is 12.3. The van der Waals surface area contributed by atoms with Crippen molar-refractivity contribution in [1.29, 1.82) is 0 Å². The number of carbonyl (C=O) groups excluding carboxylic acids is 1. The van der Waals surface area contributed by atoms with Gasteiger partial charge >= 0.3 is 0 Å². The van der Waals surface area contributed by atoms with Gasteiger partial charge in [0.1, 0.15) is 0 Å². The normalized spacial score (nSPS) is 24.6. The van der Waals surface area contributed by atoms with Crippen LogP contribution in [-0.2, 0) is 4.79 Å². The van der Waals surface area contributed by atoms with Crippen LogP contribution < -0.4 is 11.1 Å². The molecule has 0 bridgehead atoms. The minimum absolute atomic E-state index is 0.229. The van der Waals surface area contributed by atoms with Gasteiger partial charge in [-0.3, -0.25) is 4.79 Å². The van der Waals surface area contributed by atoms with E-state index in [9.17, 15) is 4.79 Å². The lowest BCUT2D eigenvalue weighted by atomic mass is 9.79. The Morgan fingerprint density at radius 2 is 2.00 bits per heavy atom. The minimum Gasteiger partial charge on any atom is -0.353 e. The molecule has 3 atom stereocenters. The number of carbonyl (C=O) groups is 1. The fourth-order valence-electron chi connectivity index (χ4n) is 3.29. The highest BCUT2D eigenvalue weighted by molar-refractivity contribution is 5.79. The van der Waals surface area contributed by atoms with E-state index in [1.165, 1.54) is 25.7 Å². The van der Waals surface area contributed by atoms with Gasteiger partial charge in [-0.2, -0.15) is 0 Å². The molecule has 0 aromatic rings. The van der Waals surface area contributed by atoms with Crippen LogP contribution in [0.2, 0.25) is 0 Å². The van der Waals surface area contributed by atoms with Crippen LogP contribution in [0.15, 0.2) is 0 Å². The molecule has 1 aliphatic carbocycles. The van der Waals surface area contributed by atoms with Crippen LogP contribution in [0.5, 0.6) is 0 Å². The number of nitrogens with two attached hydrogens (primary N) is 1. The molecule has 20 heavy (non-hydrogen) atoms. The van der Waals surface area contributed by atoms with Crippen molar-refractivity contribution in [2.75, 3.05) is 6.54 Å². The van der Waals surface area contributed by atoms with Crippen molar-refractivity contribution in [2.45, 2.75) is 78.2 Å². The lowest BCUT2D eigenvalue weighted by Gasteiger charge is -2.29. The summed E-state index contributed by atoms with van der Waals surface area (Å²) in [5.41, 5.74) is 5.64. The lowest BCUT2D eigenvalue weighted by molar-refractivity contribution is -0.127. The van der Waals surface area contributed by atoms with Crippen molar-refractivity contribution >= 4 is 5.91 Å². The topological polar surface area (TPSA) is 55.1 Å². The summed E-state index contributed by atoms with van der Waals surface area (Å²) < 4.78 is 0. The van der Waals surface area contributed by atoms with Crippen molar-refractivity contribution in [1.82, 2.24) is 5.32 Å². The summed E-state index contributed by atoms with van der Waals surface area (Å²) in [6.45, 7) is 7.40. The second-order valence-corrected chi connectivity index (χ2v) is 7.04. The summed E-state index contributed by atoms with van der Waals surface area (Å²) in [6, 6.07) is 0.316. The third kappa shape index (κ3) is 6.74. The van der Waals surface area contributed by atoms with E-state index in [4.69, 9.17) is 5.73 Å². The Hall–Kier alpha value is -0.570. The van der Waals surface area contributed by atoms with Crippen LogP contribution in [0.3, 0.4) is 0 Å². The summed E-state index contributed by atoms with van der Waals surface area (Å²) in [6.07, 6.45) is 9.18. The zero-order chi connectivity index (χ0) is 15.0. The number of hydrogen-bond donors (Lipinski definition) is 2. The average molecular weight is 282 g/mol. The first-order valence-corrected chi connectivity index (χ1v) is 8.53. The molecule has 0 saturated heterocycles. The fourth-order valence-corrected chi connectivity index (χ4v) is 3.29. The summed E-state index contributed by atoms with van der Waals surface area (Å²) >= 11 is 0. The van der Waals surface area contributed by atoms with E-state index in [0.717, 1.165) is 38.1 Å². The molecule has 3 N–H and O–H groups in total. The molecule has 0 aromatic heterocycles. The Labute approximate surface area is 125 Å². The molecule has 1 fully saturated rings. The standard InChI is InChI=1S/C17H34N2O/c1-13(2)6-4-7-14(3)19-17(20)16-9-5-8-15(12-16)10-11-18/h13-16H,4-12,18H2,1-3H3,(H,19,20). The van der Waals surface area contributed by atoms with E-state index in [2.05, 4.69) is 26.1 Å². The number of amides is 1. The molecule has 0 aromatic carbocycles. The molecule has 0 aliphatic heterocycles. The number of hydrogen-bond acceptors (Lipinski definition) is 2. The molecule has 3 unspecified atom stereocenters. The Kier molecular flexibility index (Phi) is 8.20. The molecular weight excluding hydrogens is 248 g/mol. The van der Waals surface area contributed by atoms with E-state index < -0.39 is 0 Å². The molecule has 0 spiro atoms. The molecule has 3 heteroatoms. The highest BCUT2D eigenvalue weighted by Crippen LogP contribution is 2.31. The molecule has 1 amide bonds. The van der Waals surface area contributed by atoms with Gasteiger partial charge in [-0.25, -0.2) is 0 Å². The highest BCUT2D eigenvalue weighted by atomic mass is 16.1. The van der Waals surface area contributed by atoms with Crippen molar-refractivity contribution in [2.24, 2.45) is 23.5 Å². The highest BCUT2D eigenvalue weighted by Gasteiger charge is 2.27. The maximum Gasteiger partial charge on any atom is 0.223 e. The van der Waals surface area contributed by atoms with Crippen LogP contribution in [-0.4, -0.2) is 18.5 Å². The molecule has 1 aliphatic rings. The van der Waals surface area contributed by atoms with Gasteiger partial charge in [0.15, 0.2) is 0 Å². The van der Waals surface area contributed by atoms with Gasteiger partial charge in [0.2, 0.25) is 5.91 Å². The van der Waals surface area contributed by atoms with E-state index in [-0.39, 0.29) is 11.8 Å². The Morgan fingerprint density at radius 3 is 2.65 bits per heavy atom. The number of rotatable bonds is 8. The van der Waals surface area contributed by atoms with E-state index in [1.54, 1.807) is 0 Å². The third-order valence-corrected chi connectivity index (χ3v) is 4.54. The van der Waals surface area contributed by atoms with Crippen molar-refractivity contribution < 1.29 is 4.79 Å². The van der Waals surface area contributed by atoms with Gasteiger partial charge in [0, 0.05) is 12.0 Å². The van der Waals surface area contributed by atoms with Gasteiger partial charge < -0.3 is 11.1 Å². The van der Waals surface area contributed by atoms with Crippen molar-refractivity contribution in [3.8, 4) is 0 Å². The Bertz CT molecular complexity index is 276. The summed E-state index contributed by atoms with van der Waals surface area (Å²) in [5.74, 6) is 1.94. The van der Waals surface area contributed by atoms with Gasteiger partial charge in [0.25, 0.3) is 0 Å². The first-order valence-electron chi connectivity index (χ1n) is 8.53. The predicted octanol–water partition coefficient (Wildman–Crippen LogP) is 3.47. The van der Waals surface area contributed by atoms with E-state index in [1.807, 2.05) is 0 Å². The zero-order valence-corrected chi connectivity index (χ0v) is 13.7. The lowest BCUT2D eigenvalue weighted by Crippen LogP contribution is -2.39. The van der Waals surface area contributed by atoms with Gasteiger partial charge in [-0.15, -0.1) is 0 Å². The molecular formula is C17H34N2O. The molecule has 1 saturated carbocycles. The smallest absolute Gasteiger partial charge is 0.223 e.